The average molecular weight is 1500 g/mol. The third kappa shape index (κ3) is 31.4. The molecule has 11 amide bonds. The van der Waals surface area contributed by atoms with Gasteiger partial charge in [-0.2, -0.15) is 0 Å². The van der Waals surface area contributed by atoms with Crippen molar-refractivity contribution in [2.45, 2.75) is 231 Å². The van der Waals surface area contributed by atoms with Gasteiger partial charge < -0.3 is 100 Å². The van der Waals surface area contributed by atoms with Gasteiger partial charge in [0.2, 0.25) is 65.0 Å². The number of aromatic nitrogens is 2. The Morgan fingerprint density at radius 3 is 1.90 bits per heavy atom. The van der Waals surface area contributed by atoms with Gasteiger partial charge >= 0.3 is 25.4 Å². The van der Waals surface area contributed by atoms with Crippen LogP contribution in [0.15, 0.2) is 47.8 Å². The van der Waals surface area contributed by atoms with E-state index in [0.717, 1.165) is 12.1 Å². The zero-order valence-corrected chi connectivity index (χ0v) is 63.8. The fourth-order valence-electron chi connectivity index (χ4n) is 10.5. The second kappa shape index (κ2) is 46.2. The Hall–Kier alpha value is -8.43. The summed E-state index contributed by atoms with van der Waals surface area (Å²) in [6.45, 7) is 17.3. The molecule has 0 saturated carbocycles. The van der Waals surface area contributed by atoms with Gasteiger partial charge in [0, 0.05) is 37.2 Å². The summed E-state index contributed by atoms with van der Waals surface area (Å²) in [5.41, 5.74) is 14.0. The number of nitrogens with two attached hydrogens (primary N) is 2. The molecule has 4 rings (SSSR count). The van der Waals surface area contributed by atoms with Gasteiger partial charge in [0.05, 0.1) is 30.4 Å². The molecular formula is C67H105N17O16SZn. The minimum absolute atomic E-state index is 0. The first-order chi connectivity index (χ1) is 47.7. The molecule has 1 aromatic heterocycles. The molecule has 0 radical (unpaired) electrons. The fourth-order valence-corrected chi connectivity index (χ4v) is 11.6. The molecule has 102 heavy (non-hydrogen) atoms. The van der Waals surface area contributed by atoms with Gasteiger partial charge in [-0.3, -0.25) is 62.5 Å². The molecule has 3 heterocycles. The maximum Gasteiger partial charge on any atom is 2.00 e. The maximum absolute atomic E-state index is 14.8. The maximum atomic E-state index is 14.8. The van der Waals surface area contributed by atoms with Gasteiger partial charge in [0.15, 0.2) is 0 Å². The van der Waals surface area contributed by atoms with Crippen LogP contribution in [-0.2, 0) is 88.2 Å². The summed E-state index contributed by atoms with van der Waals surface area (Å²) in [6, 6.07) is -7.32. The van der Waals surface area contributed by atoms with Crippen molar-refractivity contribution in [2.24, 2.45) is 40.1 Å². The second-order valence-corrected chi connectivity index (χ2v) is 27.2. The van der Waals surface area contributed by atoms with Crippen LogP contribution in [0.4, 0.5) is 0 Å². The summed E-state index contributed by atoms with van der Waals surface area (Å²) in [5, 5.41) is 69.4. The largest absolute Gasteiger partial charge is 2.00 e. The quantitative estimate of drug-likeness (QED) is 0.0230. The smallest absolute Gasteiger partial charge is 0.862 e. The number of carboxylic acid groups (broad SMARTS) is 2. The Morgan fingerprint density at radius 1 is 0.725 bits per heavy atom. The molecule has 562 valence electrons. The first-order valence-corrected chi connectivity index (χ1v) is 35.2. The van der Waals surface area contributed by atoms with E-state index in [1.807, 2.05) is 20.8 Å². The van der Waals surface area contributed by atoms with E-state index >= 15 is 0 Å². The van der Waals surface area contributed by atoms with Gasteiger partial charge in [0.1, 0.15) is 65.7 Å². The van der Waals surface area contributed by atoms with Crippen molar-refractivity contribution >= 4 is 99.6 Å². The van der Waals surface area contributed by atoms with Gasteiger partial charge in [-0.05, 0) is 107 Å². The summed E-state index contributed by atoms with van der Waals surface area (Å²) in [4.78, 5) is 191. The number of benzene rings is 1. The fraction of sp³-hybridized carbons (Fsp3) is 0.642. The van der Waals surface area contributed by atoms with E-state index in [4.69, 9.17) is 16.9 Å². The third-order valence-electron chi connectivity index (χ3n) is 17.2. The molecule has 2 aliphatic rings. The predicted molar refractivity (Wildman–Crippen MR) is 372 cm³/mol. The molecule has 0 spiro atoms. The van der Waals surface area contributed by atoms with Gasteiger partial charge in [-0.1, -0.05) is 117 Å². The first kappa shape index (κ1) is 89.7. The molecular weight excluding hydrogens is 1400 g/mol. The number of imidazole rings is 1. The molecule has 5 unspecified atom stereocenters. The van der Waals surface area contributed by atoms with Crippen molar-refractivity contribution in [1.29, 1.82) is 5.41 Å². The average Bonchev–Trinajstić information content (AvgIpc) is 1.18. The van der Waals surface area contributed by atoms with E-state index < -0.39 is 192 Å². The third-order valence-corrected chi connectivity index (χ3v) is 18.5. The van der Waals surface area contributed by atoms with Crippen LogP contribution in [-0.4, -0.2) is 194 Å². The number of rotatable bonds is 29. The molecule has 1 aromatic carbocycles. The van der Waals surface area contributed by atoms with Crippen LogP contribution >= 0.6 is 11.8 Å². The van der Waals surface area contributed by atoms with Crippen molar-refractivity contribution in [2.75, 3.05) is 19.6 Å². The summed E-state index contributed by atoms with van der Waals surface area (Å²) in [5.74, 6) is -16.1. The number of carbonyl (C=O) groups is 13. The summed E-state index contributed by atoms with van der Waals surface area (Å²) < 4.78 is 0. The molecule has 35 heteroatoms. The summed E-state index contributed by atoms with van der Waals surface area (Å²) >= 11 is 1.20. The molecule has 2 aromatic rings. The van der Waals surface area contributed by atoms with E-state index in [-0.39, 0.29) is 102 Å². The Morgan fingerprint density at radius 2 is 1.33 bits per heavy atom. The van der Waals surface area contributed by atoms with E-state index in [9.17, 15) is 77.6 Å². The monoisotopic (exact) mass is 1500 g/mol. The van der Waals surface area contributed by atoms with Crippen LogP contribution < -0.4 is 80.2 Å². The molecule has 0 aliphatic carbocycles. The van der Waals surface area contributed by atoms with Gasteiger partial charge in [-0.15, -0.1) is 0 Å². The topological polar surface area (TPSA) is 538 Å². The number of aliphatic carboxylic acids is 2. The Bertz CT molecular complexity index is 3150. The van der Waals surface area contributed by atoms with Crippen molar-refractivity contribution in [3.8, 4) is 0 Å². The number of aryl methyl sites for hydroxylation is 1. The van der Waals surface area contributed by atoms with E-state index in [2.05, 4.69) is 73.4 Å². The number of nitrogens with one attached hydrogen (secondary N) is 13. The molecule has 15 atom stereocenters. The first-order valence-electron chi connectivity index (χ1n) is 34.4. The molecule has 1 saturated heterocycles. The van der Waals surface area contributed by atoms with Crippen LogP contribution in [0.5, 0.6) is 0 Å². The van der Waals surface area contributed by atoms with Gasteiger partial charge in [0.25, 0.3) is 0 Å². The molecule has 18 N–H and O–H groups in total. The number of thioether (sulfide) groups is 1. The zero-order valence-electron chi connectivity index (χ0n) is 60.0. The standard InChI is InChI=1S/C63H101N15O16S.C4H6N2.Zn/c1-10-33(6)49(66)63-68-31-45(95-63)60(92)75-41(27-32(4)5)58(90)71-40(23-24-47(80)81)56(88)78-50(34(7)11-2)61(93)72-38-21-16-17-26-67-53(85)43(29-46(65)79)74-59(91)44(30-48(82)83)73-52(84)36(9)69-57(89)42(28-37-19-14-13-15-20-37)76-62(94)51(35(8)12-3)77-55(87)39(22-18-25-64)70-54(38)86;1-4-2-5-3-6-4;/h13-15,19-20,32-36,38-45,49-51H,10-12,16-18,21-31,64,66H2,1-9H3,(H2,65,79)(H,67,85)(H,69,89)(H,70,86)(H,71,90)(H,72,93)(H,73,84)(H,74,91)(H,75,92)(H,76,94)(H,77,87)(H,78,88)(H,80,81)(H,82,83);2-3H,1H3,(H,5,6);/q;;+2/p-2/t33?,34-,35-,36-,38-,39+,40+,41-,42+,43-,44+,45?,49?,50?,51?;;/m0../s1. The number of nitrogens with zero attached hydrogens (tertiary/aromatic N) is 2. The van der Waals surface area contributed by atoms with Crippen LogP contribution in [0.3, 0.4) is 0 Å². The van der Waals surface area contributed by atoms with Crippen LogP contribution in [0.1, 0.15) is 157 Å². The van der Waals surface area contributed by atoms with Gasteiger partial charge in [-0.25, -0.2) is 4.98 Å². The van der Waals surface area contributed by atoms with Crippen LogP contribution in [0, 0.1) is 36.0 Å². The molecule has 33 nitrogen and oxygen atoms in total. The predicted octanol–water partition coefficient (Wildman–Crippen LogP) is -2.39. The number of aliphatic imine (C=N–C) groups is 1. The number of carboxylic acids is 2. The molecule has 1 fully saturated rings. The minimum Gasteiger partial charge on any atom is -0.862 e. The number of aromatic amines is 1. The van der Waals surface area contributed by atoms with Crippen molar-refractivity contribution < 1.29 is 97.1 Å². The van der Waals surface area contributed by atoms with Crippen molar-refractivity contribution in [3.63, 3.8) is 0 Å². The number of H-pyrrole nitrogens is 1. The number of hydrogen-bond donors (Lipinski definition) is 16. The minimum atomic E-state index is -1.90. The number of carbonyl (C=O) groups excluding carboxylic acids is 12. The van der Waals surface area contributed by atoms with Crippen molar-refractivity contribution in [1.82, 2.24) is 68.5 Å². The Kier molecular flexibility index (Phi) is 40.6. The molecule has 0 bridgehead atoms. The number of amides is 11. The SMILES string of the molecule is CCC(C)C(N)C1=NCC(C(=O)N[C@@H](CC(C)C)C(=O)N[C@H](CCC(=O)[O-])C(=O)NC(C(=O)N[C@H]2CCCCNC(=O)[C@H](CC(=N)[O-])NC(=O)[C@@H](CC(=O)O)NC(=O)[C@H](C)NC(=O)[C@@H](Cc3ccccc3)NC(=O)C([C@@H](C)CC)NC(=O)[C@@H](CCCN)NC2=O)[C@@H](C)CC)S1.Cc1cnc[nH]1.[Zn+2]. The van der Waals surface area contributed by atoms with E-state index in [1.165, 1.54) is 18.7 Å². The summed E-state index contributed by atoms with van der Waals surface area (Å²) in [7, 11) is 0. The normalized spacial score (nSPS) is 22.6. The Balaban J connectivity index is 0.00000478. The van der Waals surface area contributed by atoms with Crippen LogP contribution in [0.2, 0.25) is 0 Å². The van der Waals surface area contributed by atoms with Crippen molar-refractivity contribution in [3.05, 3.63) is 54.1 Å². The zero-order chi connectivity index (χ0) is 75.6. The second-order valence-electron chi connectivity index (χ2n) is 26.0. The van der Waals surface area contributed by atoms with E-state index in [1.54, 1.807) is 84.4 Å². The number of hydrogen-bond acceptors (Lipinski definition) is 21. The Labute approximate surface area is 612 Å². The van der Waals surface area contributed by atoms with E-state index in [0.29, 0.717) is 17.0 Å². The summed E-state index contributed by atoms with van der Waals surface area (Å²) in [6.07, 6.45) is 1.29. The molecule has 2 aliphatic heterocycles. The van der Waals surface area contributed by atoms with Crippen LogP contribution in [0.25, 0.3) is 0 Å².